The van der Waals surface area contributed by atoms with Gasteiger partial charge in [0.2, 0.25) is 5.91 Å². The molecule has 0 spiro atoms. The van der Waals surface area contributed by atoms with Crippen molar-refractivity contribution in [2.75, 3.05) is 19.0 Å². The molecular weight excluding hydrogens is 570 g/mol. The number of methoxy groups -OCH3 is 1. The maximum absolute atomic E-state index is 13.0. The van der Waals surface area contributed by atoms with Gasteiger partial charge in [-0.05, 0) is 87.2 Å². The minimum atomic E-state index is -0.532. The number of anilines is 1. The van der Waals surface area contributed by atoms with Crippen LogP contribution in [0.25, 0.3) is 6.08 Å². The standard InChI is InChI=1S/C28H26BrN3O5S/c1-17(2)19-7-9-20(10-8-19)31-25(33)15-32-27(34)24(38-28(32)35)14-18-12-22(29)26(23(13-18)36-3)37-16-21-6-4-5-11-30-21/h4-14,17H,15-16H2,1-3H3,(H,31,33)/b24-14+. The van der Waals surface area contributed by atoms with E-state index in [1.165, 1.54) is 7.11 Å². The van der Waals surface area contributed by atoms with Crippen LogP contribution in [0.3, 0.4) is 0 Å². The summed E-state index contributed by atoms with van der Waals surface area (Å²) in [5, 5.41) is 2.23. The van der Waals surface area contributed by atoms with Crippen molar-refractivity contribution < 1.29 is 23.9 Å². The third-order valence-electron chi connectivity index (χ3n) is 5.68. The zero-order chi connectivity index (χ0) is 27.2. The third kappa shape index (κ3) is 6.62. The highest BCUT2D eigenvalue weighted by Gasteiger charge is 2.36. The van der Waals surface area contributed by atoms with Gasteiger partial charge in [0.25, 0.3) is 11.1 Å². The maximum atomic E-state index is 13.0. The Bertz CT molecular complexity index is 1380. The lowest BCUT2D eigenvalue weighted by Crippen LogP contribution is -2.36. The van der Waals surface area contributed by atoms with Gasteiger partial charge in [-0.3, -0.25) is 24.3 Å². The van der Waals surface area contributed by atoms with Gasteiger partial charge in [0.1, 0.15) is 13.2 Å². The number of halogens is 1. The van der Waals surface area contributed by atoms with E-state index in [1.54, 1.807) is 36.5 Å². The van der Waals surface area contributed by atoms with Crippen molar-refractivity contribution in [3.05, 3.63) is 87.0 Å². The Hall–Kier alpha value is -3.63. The van der Waals surface area contributed by atoms with E-state index < -0.39 is 17.1 Å². The molecule has 1 aromatic heterocycles. The number of amides is 3. The average Bonchev–Trinajstić information content (AvgIpc) is 3.15. The molecule has 3 amide bonds. The average molecular weight is 597 g/mol. The molecule has 1 aliphatic heterocycles. The van der Waals surface area contributed by atoms with Crippen molar-refractivity contribution in [2.45, 2.75) is 26.4 Å². The summed E-state index contributed by atoms with van der Waals surface area (Å²) in [6.07, 6.45) is 3.28. The fourth-order valence-corrected chi connectivity index (χ4v) is 5.09. The number of rotatable bonds is 9. The molecule has 0 saturated carbocycles. The molecule has 8 nitrogen and oxygen atoms in total. The summed E-state index contributed by atoms with van der Waals surface area (Å²) in [6.45, 7) is 4.04. The Morgan fingerprint density at radius 2 is 1.92 bits per heavy atom. The highest BCUT2D eigenvalue weighted by molar-refractivity contribution is 9.10. The Labute approximate surface area is 233 Å². The number of benzene rings is 2. The minimum absolute atomic E-state index is 0.209. The Morgan fingerprint density at radius 1 is 1.16 bits per heavy atom. The number of nitrogens with one attached hydrogen (secondary N) is 1. The van der Waals surface area contributed by atoms with Crippen molar-refractivity contribution in [1.82, 2.24) is 9.88 Å². The number of imide groups is 1. The van der Waals surface area contributed by atoms with Crippen molar-refractivity contribution in [3.8, 4) is 11.5 Å². The summed E-state index contributed by atoms with van der Waals surface area (Å²) in [6, 6.07) is 16.5. The van der Waals surface area contributed by atoms with Crippen molar-refractivity contribution >= 4 is 56.5 Å². The van der Waals surface area contributed by atoms with Crippen LogP contribution in [0.4, 0.5) is 10.5 Å². The molecular formula is C28H26BrN3O5S. The van der Waals surface area contributed by atoms with Gasteiger partial charge in [-0.1, -0.05) is 32.0 Å². The molecule has 1 aliphatic rings. The Kier molecular flexibility index (Phi) is 8.85. The Morgan fingerprint density at radius 3 is 2.58 bits per heavy atom. The largest absolute Gasteiger partial charge is 0.493 e. The quantitative estimate of drug-likeness (QED) is 0.293. The van der Waals surface area contributed by atoms with Gasteiger partial charge in [-0.2, -0.15) is 0 Å². The summed E-state index contributed by atoms with van der Waals surface area (Å²) < 4.78 is 12.0. The SMILES string of the molecule is COc1cc(/C=C2/SC(=O)N(CC(=O)Nc3ccc(C(C)C)cc3)C2=O)cc(Br)c1OCc1ccccn1. The fraction of sp³-hybridized carbons (Fsp3) is 0.214. The molecule has 1 fully saturated rings. The van der Waals surface area contributed by atoms with Crippen LogP contribution in [-0.2, 0) is 16.2 Å². The highest BCUT2D eigenvalue weighted by atomic mass is 79.9. The maximum Gasteiger partial charge on any atom is 0.294 e. The van der Waals surface area contributed by atoms with Crippen molar-refractivity contribution in [1.29, 1.82) is 0 Å². The molecule has 0 atom stereocenters. The molecule has 196 valence electrons. The van der Waals surface area contributed by atoms with Gasteiger partial charge >= 0.3 is 0 Å². The number of pyridine rings is 1. The monoisotopic (exact) mass is 595 g/mol. The number of aromatic nitrogens is 1. The summed E-state index contributed by atoms with van der Waals surface area (Å²) in [5.74, 6) is 0.323. The number of ether oxygens (including phenoxy) is 2. The molecule has 0 bridgehead atoms. The van der Waals surface area contributed by atoms with Crippen LogP contribution < -0.4 is 14.8 Å². The van der Waals surface area contributed by atoms with Crippen molar-refractivity contribution in [2.24, 2.45) is 0 Å². The lowest BCUT2D eigenvalue weighted by atomic mass is 10.0. The van der Waals surface area contributed by atoms with E-state index in [4.69, 9.17) is 9.47 Å². The molecule has 1 N–H and O–H groups in total. The summed E-state index contributed by atoms with van der Waals surface area (Å²) in [5.41, 5.74) is 3.13. The molecule has 2 aromatic carbocycles. The fourth-order valence-electron chi connectivity index (χ4n) is 3.68. The summed E-state index contributed by atoms with van der Waals surface area (Å²) in [4.78, 5) is 43.4. The normalized spacial score (nSPS) is 14.3. The molecule has 0 aliphatic carbocycles. The number of hydrogen-bond acceptors (Lipinski definition) is 7. The number of thioether (sulfide) groups is 1. The lowest BCUT2D eigenvalue weighted by molar-refractivity contribution is -0.127. The van der Waals surface area contributed by atoms with Crippen LogP contribution in [0.1, 0.15) is 36.6 Å². The highest BCUT2D eigenvalue weighted by Crippen LogP contribution is 2.39. The van der Waals surface area contributed by atoms with Crippen molar-refractivity contribution in [3.63, 3.8) is 0 Å². The summed E-state index contributed by atoms with van der Waals surface area (Å²) in [7, 11) is 1.52. The molecule has 38 heavy (non-hydrogen) atoms. The Balaban J connectivity index is 1.44. The molecule has 0 unspecified atom stereocenters. The van der Waals surface area contributed by atoms with E-state index in [9.17, 15) is 14.4 Å². The smallest absolute Gasteiger partial charge is 0.294 e. The van der Waals surface area contributed by atoms with E-state index in [-0.39, 0.29) is 18.1 Å². The van der Waals surface area contributed by atoms with Gasteiger partial charge in [-0.15, -0.1) is 0 Å². The first-order valence-corrected chi connectivity index (χ1v) is 13.4. The second-order valence-corrected chi connectivity index (χ2v) is 10.6. The summed E-state index contributed by atoms with van der Waals surface area (Å²) >= 11 is 4.28. The second kappa shape index (κ2) is 12.3. The third-order valence-corrected chi connectivity index (χ3v) is 7.17. The van der Waals surface area contributed by atoms with Crippen LogP contribution in [0, 0.1) is 0 Å². The predicted molar refractivity (Wildman–Crippen MR) is 151 cm³/mol. The van der Waals surface area contributed by atoms with E-state index in [0.29, 0.717) is 33.1 Å². The van der Waals surface area contributed by atoms with Gasteiger partial charge in [0, 0.05) is 11.9 Å². The van der Waals surface area contributed by atoms with E-state index in [2.05, 4.69) is 40.1 Å². The number of carbonyl (C=O) groups is 3. The van der Waals surface area contributed by atoms with E-state index >= 15 is 0 Å². The zero-order valence-corrected chi connectivity index (χ0v) is 23.5. The van der Waals surface area contributed by atoms with Crippen LogP contribution >= 0.6 is 27.7 Å². The van der Waals surface area contributed by atoms with Gasteiger partial charge in [0.15, 0.2) is 11.5 Å². The topological polar surface area (TPSA) is 97.8 Å². The van der Waals surface area contributed by atoms with Crippen LogP contribution in [0.2, 0.25) is 0 Å². The number of hydrogen-bond donors (Lipinski definition) is 1. The molecule has 3 aromatic rings. The zero-order valence-electron chi connectivity index (χ0n) is 21.1. The molecule has 1 saturated heterocycles. The minimum Gasteiger partial charge on any atom is -0.493 e. The number of carbonyl (C=O) groups excluding carboxylic acids is 3. The van der Waals surface area contributed by atoms with Gasteiger partial charge in [0.05, 0.1) is 22.2 Å². The lowest BCUT2D eigenvalue weighted by Gasteiger charge is -2.14. The molecule has 2 heterocycles. The molecule has 0 radical (unpaired) electrons. The van der Waals surface area contributed by atoms with E-state index in [1.807, 2.05) is 30.3 Å². The van der Waals surface area contributed by atoms with Crippen LogP contribution in [0.15, 0.2) is 70.2 Å². The first kappa shape index (κ1) is 27.4. The van der Waals surface area contributed by atoms with Gasteiger partial charge < -0.3 is 14.8 Å². The number of nitrogens with zero attached hydrogens (tertiary/aromatic N) is 2. The van der Waals surface area contributed by atoms with Gasteiger partial charge in [-0.25, -0.2) is 0 Å². The molecule has 10 heteroatoms. The van der Waals surface area contributed by atoms with Crippen LogP contribution in [0.5, 0.6) is 11.5 Å². The second-order valence-electron chi connectivity index (χ2n) is 8.74. The first-order valence-electron chi connectivity index (χ1n) is 11.8. The van der Waals surface area contributed by atoms with Crippen LogP contribution in [-0.4, -0.2) is 40.6 Å². The van der Waals surface area contributed by atoms with E-state index in [0.717, 1.165) is 27.9 Å². The predicted octanol–water partition coefficient (Wildman–Crippen LogP) is 6.23. The first-order chi connectivity index (χ1) is 18.2. The molecule has 4 rings (SSSR count).